The summed E-state index contributed by atoms with van der Waals surface area (Å²) in [5, 5.41) is 0. The molecule has 0 bridgehead atoms. The Morgan fingerprint density at radius 3 is 2.22 bits per heavy atom. The van der Waals surface area contributed by atoms with Crippen LogP contribution < -0.4 is 0 Å². The van der Waals surface area contributed by atoms with Gasteiger partial charge in [0.25, 0.3) is 0 Å². The summed E-state index contributed by atoms with van der Waals surface area (Å²) in [7, 11) is 0. The summed E-state index contributed by atoms with van der Waals surface area (Å²) in [5.74, 6) is 0.639. The van der Waals surface area contributed by atoms with Gasteiger partial charge < -0.3 is 0 Å². The van der Waals surface area contributed by atoms with Gasteiger partial charge in [0.05, 0.1) is 6.67 Å². The first-order valence-corrected chi connectivity index (χ1v) is 3.91. The Bertz CT molecular complexity index is 46.5. The molecule has 0 aromatic carbocycles. The van der Waals surface area contributed by atoms with Crippen molar-refractivity contribution in [3.05, 3.63) is 0 Å². The van der Waals surface area contributed by atoms with E-state index in [0.717, 1.165) is 12.8 Å². The van der Waals surface area contributed by atoms with Crippen LogP contribution in [0.1, 0.15) is 39.5 Å². The van der Waals surface area contributed by atoms with Crippen LogP contribution in [0.2, 0.25) is 0 Å². The maximum Gasteiger partial charge on any atom is 0.0897 e. The smallest absolute Gasteiger partial charge is 0.0897 e. The molecule has 1 unspecified atom stereocenters. The third kappa shape index (κ3) is 4.43. The predicted octanol–water partition coefficient (Wildman–Crippen LogP) is 3.17. The first kappa shape index (κ1) is 8.93. The van der Waals surface area contributed by atoms with Gasteiger partial charge in [-0.05, 0) is 12.3 Å². The summed E-state index contributed by atoms with van der Waals surface area (Å²) in [6, 6.07) is 0. The molecule has 0 N–H and O–H groups in total. The van der Waals surface area contributed by atoms with Crippen LogP contribution in [0.5, 0.6) is 0 Å². The van der Waals surface area contributed by atoms with E-state index in [9.17, 15) is 4.39 Å². The van der Waals surface area contributed by atoms with E-state index in [-0.39, 0.29) is 6.67 Å². The summed E-state index contributed by atoms with van der Waals surface area (Å²) in [4.78, 5) is 0. The summed E-state index contributed by atoms with van der Waals surface area (Å²) >= 11 is 0. The monoisotopic (exact) mass is 132 g/mol. The van der Waals surface area contributed by atoms with Crippen LogP contribution in [0.3, 0.4) is 0 Å². The Morgan fingerprint density at radius 2 is 1.89 bits per heavy atom. The largest absolute Gasteiger partial charge is 0.251 e. The summed E-state index contributed by atoms with van der Waals surface area (Å²) < 4.78 is 11.8. The van der Waals surface area contributed by atoms with Crippen molar-refractivity contribution < 1.29 is 4.39 Å². The first-order chi connectivity index (χ1) is 4.35. The van der Waals surface area contributed by atoms with Crippen molar-refractivity contribution in [2.24, 2.45) is 5.92 Å². The van der Waals surface area contributed by atoms with Gasteiger partial charge in [0, 0.05) is 0 Å². The Balaban J connectivity index is 3.18. The Hall–Kier alpha value is -0.0700. The summed E-state index contributed by atoms with van der Waals surface area (Å²) in [5.41, 5.74) is 0. The Morgan fingerprint density at radius 1 is 1.22 bits per heavy atom. The van der Waals surface area contributed by atoms with Crippen molar-refractivity contribution in [2.75, 3.05) is 6.67 Å². The molecule has 1 atom stereocenters. The van der Waals surface area contributed by atoms with Gasteiger partial charge in [-0.25, -0.2) is 0 Å². The van der Waals surface area contributed by atoms with Crippen molar-refractivity contribution in [3.8, 4) is 0 Å². The molecule has 0 aromatic rings. The van der Waals surface area contributed by atoms with E-state index in [4.69, 9.17) is 0 Å². The maximum absolute atomic E-state index is 11.8. The molecule has 0 amide bonds. The standard InChI is InChI=1S/C8H17F/c1-3-5-8(4-2)6-7-9/h8H,3-7H2,1-2H3. The second-order valence-corrected chi connectivity index (χ2v) is 2.54. The summed E-state index contributed by atoms with van der Waals surface area (Å²) in [6.07, 6.45) is 4.29. The Labute approximate surface area is 57.5 Å². The van der Waals surface area contributed by atoms with Crippen LogP contribution in [0, 0.1) is 5.92 Å². The molecule has 0 spiro atoms. The zero-order chi connectivity index (χ0) is 7.11. The highest BCUT2D eigenvalue weighted by molar-refractivity contribution is 4.54. The van der Waals surface area contributed by atoms with E-state index in [1.54, 1.807) is 0 Å². The second-order valence-electron chi connectivity index (χ2n) is 2.54. The fraction of sp³-hybridized carbons (Fsp3) is 1.00. The SMILES string of the molecule is CCCC(CC)CCF. The molecule has 0 aromatic heterocycles. The van der Waals surface area contributed by atoms with Crippen LogP contribution in [-0.4, -0.2) is 6.67 Å². The molecule has 0 aliphatic carbocycles. The van der Waals surface area contributed by atoms with Crippen LogP contribution in [0.15, 0.2) is 0 Å². The van der Waals surface area contributed by atoms with Crippen LogP contribution in [0.4, 0.5) is 4.39 Å². The number of hydrogen-bond donors (Lipinski definition) is 0. The molecule has 1 heteroatoms. The topological polar surface area (TPSA) is 0 Å². The zero-order valence-corrected chi connectivity index (χ0v) is 6.49. The molecule has 9 heavy (non-hydrogen) atoms. The Kier molecular flexibility index (Phi) is 6.01. The molecule has 0 saturated heterocycles. The average molecular weight is 132 g/mol. The van der Waals surface area contributed by atoms with E-state index >= 15 is 0 Å². The first-order valence-electron chi connectivity index (χ1n) is 3.91. The van der Waals surface area contributed by atoms with Gasteiger partial charge in [-0.2, -0.15) is 0 Å². The van der Waals surface area contributed by atoms with Gasteiger partial charge in [0.15, 0.2) is 0 Å². The van der Waals surface area contributed by atoms with Gasteiger partial charge in [-0.1, -0.05) is 33.1 Å². The predicted molar refractivity (Wildman–Crippen MR) is 39.3 cm³/mol. The number of alkyl halides is 1. The molecule has 56 valence electrons. The average Bonchev–Trinajstić information content (AvgIpc) is 1.88. The number of hydrogen-bond acceptors (Lipinski definition) is 0. The minimum absolute atomic E-state index is 0.140. The lowest BCUT2D eigenvalue weighted by Gasteiger charge is -2.09. The van der Waals surface area contributed by atoms with Crippen molar-refractivity contribution in [1.29, 1.82) is 0 Å². The summed E-state index contributed by atoms with van der Waals surface area (Å²) in [6.45, 7) is 4.15. The molecule has 0 rings (SSSR count). The van der Waals surface area contributed by atoms with Gasteiger partial charge >= 0.3 is 0 Å². The normalized spacial score (nSPS) is 13.7. The molecule has 0 heterocycles. The van der Waals surface area contributed by atoms with Crippen LogP contribution >= 0.6 is 0 Å². The minimum Gasteiger partial charge on any atom is -0.251 e. The molecule has 0 saturated carbocycles. The van der Waals surface area contributed by atoms with Crippen molar-refractivity contribution in [3.63, 3.8) is 0 Å². The molecule has 0 nitrogen and oxygen atoms in total. The lowest BCUT2D eigenvalue weighted by Crippen LogP contribution is -1.98. The third-order valence-corrected chi connectivity index (χ3v) is 1.79. The highest BCUT2D eigenvalue weighted by Gasteiger charge is 2.02. The van der Waals surface area contributed by atoms with Crippen molar-refractivity contribution in [2.45, 2.75) is 39.5 Å². The molecular formula is C8H17F. The van der Waals surface area contributed by atoms with E-state index in [0.29, 0.717) is 5.92 Å². The molecular weight excluding hydrogens is 115 g/mol. The van der Waals surface area contributed by atoms with Gasteiger partial charge in [-0.15, -0.1) is 0 Å². The van der Waals surface area contributed by atoms with E-state index < -0.39 is 0 Å². The van der Waals surface area contributed by atoms with Crippen molar-refractivity contribution in [1.82, 2.24) is 0 Å². The second kappa shape index (κ2) is 6.06. The van der Waals surface area contributed by atoms with Crippen LogP contribution in [-0.2, 0) is 0 Å². The number of halogens is 1. The molecule has 0 aliphatic heterocycles. The lowest BCUT2D eigenvalue weighted by molar-refractivity contribution is 0.360. The van der Waals surface area contributed by atoms with Gasteiger partial charge in [0.1, 0.15) is 0 Å². The molecule has 0 aliphatic rings. The molecule has 0 radical (unpaired) electrons. The highest BCUT2D eigenvalue weighted by atomic mass is 19.1. The van der Waals surface area contributed by atoms with E-state index in [1.165, 1.54) is 12.8 Å². The lowest BCUT2D eigenvalue weighted by atomic mass is 9.98. The quantitative estimate of drug-likeness (QED) is 0.539. The highest BCUT2D eigenvalue weighted by Crippen LogP contribution is 2.14. The van der Waals surface area contributed by atoms with Gasteiger partial charge in [0.2, 0.25) is 0 Å². The zero-order valence-electron chi connectivity index (χ0n) is 6.49. The minimum atomic E-state index is -0.140. The number of rotatable bonds is 5. The van der Waals surface area contributed by atoms with E-state index in [1.807, 2.05) is 0 Å². The van der Waals surface area contributed by atoms with Gasteiger partial charge in [-0.3, -0.25) is 4.39 Å². The van der Waals surface area contributed by atoms with Crippen LogP contribution in [0.25, 0.3) is 0 Å². The van der Waals surface area contributed by atoms with E-state index in [2.05, 4.69) is 13.8 Å². The fourth-order valence-corrected chi connectivity index (χ4v) is 1.12. The fourth-order valence-electron chi connectivity index (χ4n) is 1.12. The molecule has 0 fully saturated rings. The maximum atomic E-state index is 11.8. The van der Waals surface area contributed by atoms with Crippen molar-refractivity contribution >= 4 is 0 Å². The third-order valence-electron chi connectivity index (χ3n) is 1.79.